The summed E-state index contributed by atoms with van der Waals surface area (Å²) in [5, 5.41) is 14.1. The number of aromatic nitrogens is 2. The van der Waals surface area contributed by atoms with E-state index in [-0.39, 0.29) is 17.4 Å². The van der Waals surface area contributed by atoms with E-state index >= 15 is 0 Å². The summed E-state index contributed by atoms with van der Waals surface area (Å²) in [6.07, 6.45) is 6.31. The summed E-state index contributed by atoms with van der Waals surface area (Å²) in [7, 11) is 0. The standard InChI is InChI=1S/C18H28N2O3/c1-16(2)14-5-4-13-12-20(8-9-21)19-15(13)17(14,3)6-7-18(16)22-10-11-23-18/h12,14,21H,4-11H2,1-3H3/t14-,17-/m0/s1. The number of hydrogen-bond acceptors (Lipinski definition) is 4. The van der Waals surface area contributed by atoms with Crippen LogP contribution in [-0.2, 0) is 27.9 Å². The van der Waals surface area contributed by atoms with Crippen molar-refractivity contribution in [3.8, 4) is 0 Å². The van der Waals surface area contributed by atoms with E-state index in [9.17, 15) is 5.11 Å². The Morgan fingerprint density at radius 1 is 1.26 bits per heavy atom. The molecule has 0 amide bonds. The van der Waals surface area contributed by atoms with Crippen molar-refractivity contribution in [3.63, 3.8) is 0 Å². The molecule has 0 aromatic carbocycles. The molecule has 1 aliphatic heterocycles. The lowest BCUT2D eigenvalue weighted by Gasteiger charge is -2.59. The van der Waals surface area contributed by atoms with Crippen LogP contribution in [0, 0.1) is 11.3 Å². The lowest BCUT2D eigenvalue weighted by Crippen LogP contribution is -2.61. The second-order valence-corrected chi connectivity index (χ2v) is 8.17. The second-order valence-electron chi connectivity index (χ2n) is 8.17. The zero-order chi connectivity index (χ0) is 16.3. The largest absolute Gasteiger partial charge is 0.394 e. The van der Waals surface area contributed by atoms with Crippen LogP contribution in [0.3, 0.4) is 0 Å². The van der Waals surface area contributed by atoms with Gasteiger partial charge in [-0.05, 0) is 30.7 Å². The summed E-state index contributed by atoms with van der Waals surface area (Å²) >= 11 is 0. The van der Waals surface area contributed by atoms with Crippen molar-refractivity contribution in [2.24, 2.45) is 11.3 Å². The molecule has 4 rings (SSSR count). The first-order valence-corrected chi connectivity index (χ1v) is 8.88. The Kier molecular flexibility index (Phi) is 3.42. The third-order valence-corrected chi connectivity index (χ3v) is 6.76. The van der Waals surface area contributed by atoms with Crippen LogP contribution in [0.2, 0.25) is 0 Å². The number of rotatable bonds is 2. The molecule has 23 heavy (non-hydrogen) atoms. The van der Waals surface area contributed by atoms with E-state index in [1.54, 1.807) is 0 Å². The Balaban J connectivity index is 1.74. The molecule has 1 N–H and O–H groups in total. The van der Waals surface area contributed by atoms with Gasteiger partial charge in [0, 0.05) is 23.4 Å². The summed E-state index contributed by atoms with van der Waals surface area (Å²) in [6, 6.07) is 0. The van der Waals surface area contributed by atoms with Gasteiger partial charge in [-0.2, -0.15) is 5.10 Å². The molecule has 1 spiro atoms. The van der Waals surface area contributed by atoms with Crippen LogP contribution < -0.4 is 0 Å². The van der Waals surface area contributed by atoms with Crippen LogP contribution in [0.1, 0.15) is 51.3 Å². The number of ether oxygens (including phenoxy) is 2. The first-order valence-electron chi connectivity index (χ1n) is 8.88. The zero-order valence-electron chi connectivity index (χ0n) is 14.5. The van der Waals surface area contributed by atoms with Crippen LogP contribution in [-0.4, -0.2) is 40.5 Å². The number of aryl methyl sites for hydroxylation is 1. The maximum atomic E-state index is 9.21. The SMILES string of the molecule is CC1(C)[C@@H]2CCc3cn(CCO)nc3[C@@]2(C)CCC12OCCO2. The van der Waals surface area contributed by atoms with Gasteiger partial charge in [0.1, 0.15) is 0 Å². The van der Waals surface area contributed by atoms with Crippen molar-refractivity contribution < 1.29 is 14.6 Å². The smallest absolute Gasteiger partial charge is 0.173 e. The van der Waals surface area contributed by atoms with E-state index in [0.717, 1.165) is 25.7 Å². The van der Waals surface area contributed by atoms with Crippen LogP contribution in [0.5, 0.6) is 0 Å². The van der Waals surface area contributed by atoms with Gasteiger partial charge in [-0.1, -0.05) is 20.8 Å². The summed E-state index contributed by atoms with van der Waals surface area (Å²) in [5.41, 5.74) is 2.63. The molecule has 1 aromatic heterocycles. The van der Waals surface area contributed by atoms with Crippen molar-refractivity contribution in [2.75, 3.05) is 19.8 Å². The molecule has 1 saturated carbocycles. The molecule has 2 fully saturated rings. The Morgan fingerprint density at radius 3 is 2.70 bits per heavy atom. The highest BCUT2D eigenvalue weighted by atomic mass is 16.7. The van der Waals surface area contributed by atoms with Gasteiger partial charge < -0.3 is 14.6 Å². The maximum Gasteiger partial charge on any atom is 0.173 e. The fraction of sp³-hybridized carbons (Fsp3) is 0.833. The lowest BCUT2D eigenvalue weighted by atomic mass is 9.49. The monoisotopic (exact) mass is 320 g/mol. The first-order chi connectivity index (χ1) is 10.9. The molecule has 5 heteroatoms. The van der Waals surface area contributed by atoms with E-state index in [0.29, 0.717) is 25.7 Å². The van der Waals surface area contributed by atoms with E-state index in [1.165, 1.54) is 11.3 Å². The van der Waals surface area contributed by atoms with Gasteiger partial charge in [0.2, 0.25) is 0 Å². The van der Waals surface area contributed by atoms with Crippen molar-refractivity contribution in [3.05, 3.63) is 17.5 Å². The van der Waals surface area contributed by atoms with E-state index in [4.69, 9.17) is 14.6 Å². The van der Waals surface area contributed by atoms with Gasteiger partial charge in [0.05, 0.1) is 32.1 Å². The van der Waals surface area contributed by atoms with Gasteiger partial charge in [0.15, 0.2) is 5.79 Å². The number of hydrogen-bond donors (Lipinski definition) is 1. The minimum absolute atomic E-state index is 0.0328. The molecule has 5 nitrogen and oxygen atoms in total. The third-order valence-electron chi connectivity index (χ3n) is 6.76. The van der Waals surface area contributed by atoms with E-state index in [2.05, 4.69) is 27.0 Å². The summed E-state index contributed by atoms with van der Waals surface area (Å²) in [6.45, 7) is 9.14. The molecular formula is C18H28N2O3. The molecule has 3 aliphatic rings. The zero-order valence-corrected chi connectivity index (χ0v) is 14.5. The summed E-state index contributed by atoms with van der Waals surface area (Å²) in [5.74, 6) is 0.0781. The number of fused-ring (bicyclic) bond motifs is 3. The number of nitrogens with zero attached hydrogens (tertiary/aromatic N) is 2. The molecule has 2 atom stereocenters. The first kappa shape index (κ1) is 15.6. The molecular weight excluding hydrogens is 292 g/mol. The highest BCUT2D eigenvalue weighted by molar-refractivity contribution is 5.33. The Morgan fingerprint density at radius 2 is 2.00 bits per heavy atom. The topological polar surface area (TPSA) is 56.5 Å². The number of aliphatic hydroxyl groups is 1. The van der Waals surface area contributed by atoms with Gasteiger partial charge in [-0.3, -0.25) is 4.68 Å². The third kappa shape index (κ3) is 1.99. The van der Waals surface area contributed by atoms with Crippen LogP contribution >= 0.6 is 0 Å². The molecule has 1 saturated heterocycles. The Bertz CT molecular complexity index is 603. The van der Waals surface area contributed by atoms with E-state index < -0.39 is 5.79 Å². The highest BCUT2D eigenvalue weighted by Gasteiger charge is 2.63. The van der Waals surface area contributed by atoms with Crippen LogP contribution in [0.15, 0.2) is 6.20 Å². The van der Waals surface area contributed by atoms with Gasteiger partial charge in [-0.15, -0.1) is 0 Å². The minimum atomic E-state index is -0.414. The minimum Gasteiger partial charge on any atom is -0.394 e. The predicted molar refractivity (Wildman–Crippen MR) is 86.1 cm³/mol. The summed E-state index contributed by atoms with van der Waals surface area (Å²) < 4.78 is 14.2. The predicted octanol–water partition coefficient (Wildman–Crippen LogP) is 2.26. The molecule has 0 unspecified atom stereocenters. The van der Waals surface area contributed by atoms with Crippen LogP contribution in [0.4, 0.5) is 0 Å². The van der Waals surface area contributed by atoms with Gasteiger partial charge in [-0.25, -0.2) is 0 Å². The van der Waals surface area contributed by atoms with Crippen molar-refractivity contribution in [1.29, 1.82) is 0 Å². The fourth-order valence-electron chi connectivity index (χ4n) is 5.56. The lowest BCUT2D eigenvalue weighted by molar-refractivity contribution is -0.276. The fourth-order valence-corrected chi connectivity index (χ4v) is 5.56. The molecule has 0 radical (unpaired) electrons. The van der Waals surface area contributed by atoms with Crippen molar-refractivity contribution >= 4 is 0 Å². The Hall–Kier alpha value is -0.910. The maximum absolute atomic E-state index is 9.21. The molecule has 0 bridgehead atoms. The average molecular weight is 320 g/mol. The normalized spacial score (nSPS) is 34.3. The van der Waals surface area contributed by atoms with Gasteiger partial charge in [0.25, 0.3) is 0 Å². The Labute approximate surface area is 138 Å². The van der Waals surface area contributed by atoms with Crippen LogP contribution in [0.25, 0.3) is 0 Å². The van der Waals surface area contributed by atoms with E-state index in [1.807, 2.05) is 4.68 Å². The summed E-state index contributed by atoms with van der Waals surface area (Å²) in [4.78, 5) is 0. The second kappa shape index (κ2) is 5.04. The van der Waals surface area contributed by atoms with Crippen molar-refractivity contribution in [1.82, 2.24) is 9.78 Å². The quantitative estimate of drug-likeness (QED) is 0.908. The average Bonchev–Trinajstić information content (AvgIpc) is 3.12. The highest BCUT2D eigenvalue weighted by Crippen LogP contribution is 2.62. The van der Waals surface area contributed by atoms with Crippen molar-refractivity contribution in [2.45, 2.75) is 64.2 Å². The number of aliphatic hydroxyl groups excluding tert-OH is 1. The molecule has 128 valence electrons. The van der Waals surface area contributed by atoms with Gasteiger partial charge >= 0.3 is 0 Å². The molecule has 2 aliphatic carbocycles. The molecule has 2 heterocycles. The molecule has 1 aromatic rings.